The second-order valence-electron chi connectivity index (χ2n) is 4.21. The number of carbonyl (C=O) groups is 2. The fourth-order valence-corrected chi connectivity index (χ4v) is 1.78. The Balaban J connectivity index is 1.99. The fourth-order valence-electron chi connectivity index (χ4n) is 1.78. The summed E-state index contributed by atoms with van der Waals surface area (Å²) in [7, 11) is 1.82. The first-order valence-electron chi connectivity index (χ1n) is 6.03. The largest absolute Gasteiger partial charge is 0.478 e. The van der Waals surface area contributed by atoms with Gasteiger partial charge in [-0.05, 0) is 12.1 Å². The molecule has 0 radical (unpaired) electrons. The number of aryl methyl sites for hydroxylation is 1. The number of amides is 1. The number of carboxylic acid groups (broad SMARTS) is 1. The van der Waals surface area contributed by atoms with E-state index < -0.39 is 11.9 Å². The highest BCUT2D eigenvalue weighted by Gasteiger charge is 2.15. The second kappa shape index (κ2) is 5.96. The summed E-state index contributed by atoms with van der Waals surface area (Å²) in [5.41, 5.74) is 0.140. The molecule has 0 aliphatic rings. The maximum atomic E-state index is 12.0. The lowest BCUT2D eigenvalue weighted by atomic mass is 10.1. The van der Waals surface area contributed by atoms with Crippen LogP contribution in [0.1, 0.15) is 26.5 Å². The first kappa shape index (κ1) is 13.7. The van der Waals surface area contributed by atoms with Crippen molar-refractivity contribution in [2.24, 2.45) is 7.05 Å². The van der Waals surface area contributed by atoms with Crippen LogP contribution in [0.2, 0.25) is 0 Å². The van der Waals surface area contributed by atoms with Crippen LogP contribution in [0.3, 0.4) is 0 Å². The highest BCUT2D eigenvalue weighted by molar-refractivity contribution is 6.04. The Hall–Kier alpha value is -2.70. The molecule has 1 amide bonds. The molecule has 0 aliphatic heterocycles. The van der Waals surface area contributed by atoms with Crippen molar-refractivity contribution in [3.63, 3.8) is 0 Å². The molecule has 20 heavy (non-hydrogen) atoms. The minimum atomic E-state index is -1.12. The summed E-state index contributed by atoms with van der Waals surface area (Å²) in [5.74, 6) is -0.786. The van der Waals surface area contributed by atoms with E-state index in [2.05, 4.69) is 15.5 Å². The predicted molar refractivity (Wildman–Crippen MR) is 70.4 cm³/mol. The molecule has 2 rings (SSSR count). The van der Waals surface area contributed by atoms with Crippen LogP contribution in [-0.2, 0) is 13.5 Å². The number of hydrogen-bond donors (Lipinski definition) is 2. The molecule has 1 heterocycles. The lowest BCUT2D eigenvalue weighted by Crippen LogP contribution is -2.27. The van der Waals surface area contributed by atoms with E-state index in [9.17, 15) is 9.59 Å². The van der Waals surface area contributed by atoms with Gasteiger partial charge in [-0.1, -0.05) is 12.1 Å². The van der Waals surface area contributed by atoms with Crippen molar-refractivity contribution in [3.8, 4) is 0 Å². The number of hydrogen-bond acceptors (Lipinski definition) is 4. The van der Waals surface area contributed by atoms with Gasteiger partial charge in [-0.25, -0.2) is 4.79 Å². The number of carboxylic acids is 1. The van der Waals surface area contributed by atoms with Gasteiger partial charge in [0.1, 0.15) is 12.2 Å². The average Bonchev–Trinajstić information content (AvgIpc) is 2.84. The molecule has 2 aromatic rings. The lowest BCUT2D eigenvalue weighted by molar-refractivity contribution is 0.0691. The molecule has 0 spiro atoms. The van der Waals surface area contributed by atoms with E-state index in [1.165, 1.54) is 12.1 Å². The van der Waals surface area contributed by atoms with Gasteiger partial charge < -0.3 is 15.0 Å². The zero-order chi connectivity index (χ0) is 14.5. The second-order valence-corrected chi connectivity index (χ2v) is 4.21. The molecule has 7 heteroatoms. The van der Waals surface area contributed by atoms with Crippen LogP contribution in [0.15, 0.2) is 30.6 Å². The summed E-state index contributed by atoms with van der Waals surface area (Å²) in [6, 6.07) is 6.10. The first-order valence-corrected chi connectivity index (χ1v) is 6.03. The molecule has 0 fully saturated rings. The van der Waals surface area contributed by atoms with Crippen molar-refractivity contribution in [1.29, 1.82) is 0 Å². The standard InChI is InChI=1S/C13H14N4O3/c1-17-8-15-16-11(17)6-7-14-12(18)9-4-2-3-5-10(9)13(19)20/h2-5,8H,6-7H2,1H3,(H,14,18)(H,19,20). The fraction of sp³-hybridized carbons (Fsp3) is 0.231. The summed E-state index contributed by atoms with van der Waals surface area (Å²) < 4.78 is 1.76. The molecule has 0 saturated carbocycles. The topological polar surface area (TPSA) is 97.1 Å². The minimum Gasteiger partial charge on any atom is -0.478 e. The first-order chi connectivity index (χ1) is 9.59. The van der Waals surface area contributed by atoms with Crippen molar-refractivity contribution in [2.45, 2.75) is 6.42 Å². The van der Waals surface area contributed by atoms with Crippen molar-refractivity contribution < 1.29 is 14.7 Å². The molecule has 104 valence electrons. The maximum Gasteiger partial charge on any atom is 0.336 e. The SMILES string of the molecule is Cn1cnnc1CCNC(=O)c1ccccc1C(=O)O. The van der Waals surface area contributed by atoms with E-state index in [-0.39, 0.29) is 11.1 Å². The number of aromatic carboxylic acids is 1. The molecule has 1 aromatic heterocycles. The number of nitrogens with one attached hydrogen (secondary N) is 1. The molecule has 0 bridgehead atoms. The number of benzene rings is 1. The van der Waals surface area contributed by atoms with Crippen LogP contribution in [-0.4, -0.2) is 38.3 Å². The number of nitrogens with zero attached hydrogens (tertiary/aromatic N) is 3. The monoisotopic (exact) mass is 274 g/mol. The van der Waals surface area contributed by atoms with E-state index in [0.29, 0.717) is 13.0 Å². The van der Waals surface area contributed by atoms with Crippen LogP contribution in [0.5, 0.6) is 0 Å². The minimum absolute atomic E-state index is 0.0105. The Morgan fingerprint density at radius 2 is 2.00 bits per heavy atom. The van der Waals surface area contributed by atoms with E-state index >= 15 is 0 Å². The molecule has 7 nitrogen and oxygen atoms in total. The van der Waals surface area contributed by atoms with Gasteiger partial charge in [0.05, 0.1) is 11.1 Å². The molecule has 0 aliphatic carbocycles. The van der Waals surface area contributed by atoms with Crippen LogP contribution < -0.4 is 5.32 Å². The van der Waals surface area contributed by atoms with E-state index in [1.54, 1.807) is 23.0 Å². The third-order valence-corrected chi connectivity index (χ3v) is 2.84. The molecule has 0 unspecified atom stereocenters. The van der Waals surface area contributed by atoms with Gasteiger partial charge in [-0.2, -0.15) is 0 Å². The van der Waals surface area contributed by atoms with Gasteiger partial charge in [0, 0.05) is 20.0 Å². The maximum absolute atomic E-state index is 12.0. The van der Waals surface area contributed by atoms with Crippen molar-refractivity contribution in [3.05, 3.63) is 47.5 Å². The lowest BCUT2D eigenvalue weighted by Gasteiger charge is -2.07. The Kier molecular flexibility index (Phi) is 4.09. The molecular formula is C13H14N4O3. The summed E-state index contributed by atoms with van der Waals surface area (Å²) in [6.45, 7) is 0.360. The molecule has 1 aromatic carbocycles. The van der Waals surface area contributed by atoms with E-state index in [1.807, 2.05) is 7.05 Å². The number of carbonyl (C=O) groups excluding carboxylic acids is 1. The Morgan fingerprint density at radius 3 is 2.60 bits per heavy atom. The molecule has 0 saturated heterocycles. The van der Waals surface area contributed by atoms with Gasteiger partial charge in [-0.15, -0.1) is 10.2 Å². The summed E-state index contributed by atoms with van der Waals surface area (Å²) in [4.78, 5) is 23.0. The summed E-state index contributed by atoms with van der Waals surface area (Å²) >= 11 is 0. The molecule has 0 atom stereocenters. The normalized spacial score (nSPS) is 10.2. The zero-order valence-corrected chi connectivity index (χ0v) is 10.9. The van der Waals surface area contributed by atoms with Gasteiger partial charge in [-0.3, -0.25) is 4.79 Å². The number of rotatable bonds is 5. The van der Waals surface area contributed by atoms with Gasteiger partial charge in [0.25, 0.3) is 5.91 Å². The van der Waals surface area contributed by atoms with Crippen LogP contribution in [0, 0.1) is 0 Å². The van der Waals surface area contributed by atoms with Crippen molar-refractivity contribution >= 4 is 11.9 Å². The predicted octanol–water partition coefficient (Wildman–Crippen LogP) is 0.486. The van der Waals surface area contributed by atoms with Gasteiger partial charge >= 0.3 is 5.97 Å². The van der Waals surface area contributed by atoms with Gasteiger partial charge in [0.15, 0.2) is 0 Å². The van der Waals surface area contributed by atoms with Crippen molar-refractivity contribution in [2.75, 3.05) is 6.54 Å². The third kappa shape index (κ3) is 3.00. The quantitative estimate of drug-likeness (QED) is 0.826. The smallest absolute Gasteiger partial charge is 0.336 e. The van der Waals surface area contributed by atoms with E-state index in [4.69, 9.17) is 5.11 Å². The summed E-state index contributed by atoms with van der Waals surface area (Å²) in [5, 5.41) is 19.3. The third-order valence-electron chi connectivity index (χ3n) is 2.84. The Morgan fingerprint density at radius 1 is 1.30 bits per heavy atom. The zero-order valence-electron chi connectivity index (χ0n) is 10.9. The van der Waals surface area contributed by atoms with Crippen LogP contribution >= 0.6 is 0 Å². The Bertz CT molecular complexity index is 636. The average molecular weight is 274 g/mol. The molecule has 2 N–H and O–H groups in total. The van der Waals surface area contributed by atoms with E-state index in [0.717, 1.165) is 5.82 Å². The highest BCUT2D eigenvalue weighted by atomic mass is 16.4. The Labute approximate surface area is 115 Å². The van der Waals surface area contributed by atoms with Crippen LogP contribution in [0.25, 0.3) is 0 Å². The van der Waals surface area contributed by atoms with Crippen LogP contribution in [0.4, 0.5) is 0 Å². The number of aromatic nitrogens is 3. The van der Waals surface area contributed by atoms with Gasteiger partial charge in [0.2, 0.25) is 0 Å². The summed E-state index contributed by atoms with van der Waals surface area (Å²) in [6.07, 6.45) is 2.11. The molecular weight excluding hydrogens is 260 g/mol. The van der Waals surface area contributed by atoms with Crippen molar-refractivity contribution in [1.82, 2.24) is 20.1 Å². The highest BCUT2D eigenvalue weighted by Crippen LogP contribution is 2.08.